The second-order valence-electron chi connectivity index (χ2n) is 5.78. The van der Waals surface area contributed by atoms with Crippen molar-refractivity contribution in [3.05, 3.63) is 30.1 Å². The van der Waals surface area contributed by atoms with Gasteiger partial charge in [0.05, 0.1) is 0 Å². The van der Waals surface area contributed by atoms with Gasteiger partial charge >= 0.3 is 0 Å². The van der Waals surface area contributed by atoms with Crippen molar-refractivity contribution in [1.82, 2.24) is 14.8 Å². The van der Waals surface area contributed by atoms with E-state index < -0.39 is 0 Å². The van der Waals surface area contributed by atoms with Gasteiger partial charge in [-0.05, 0) is 46.0 Å². The van der Waals surface area contributed by atoms with E-state index in [4.69, 9.17) is 0 Å². The second kappa shape index (κ2) is 6.25. The molecule has 1 saturated heterocycles. The molecule has 2 rings (SSSR count). The normalized spacial score (nSPS) is 21.5. The van der Waals surface area contributed by atoms with Crippen LogP contribution in [-0.4, -0.2) is 52.9 Å². The summed E-state index contributed by atoms with van der Waals surface area (Å²) >= 11 is 4.55. The van der Waals surface area contributed by atoms with E-state index in [0.717, 1.165) is 19.5 Å². The van der Waals surface area contributed by atoms with Gasteiger partial charge in [-0.15, -0.1) is 0 Å². The molecular weight excluding hydrogens is 254 g/mol. The van der Waals surface area contributed by atoms with Gasteiger partial charge in [0, 0.05) is 42.3 Å². The maximum Gasteiger partial charge on any atom is 0.0499 e. The predicted molar refractivity (Wildman–Crippen MR) is 83.6 cm³/mol. The van der Waals surface area contributed by atoms with Crippen LogP contribution in [0.2, 0.25) is 0 Å². The van der Waals surface area contributed by atoms with Crippen molar-refractivity contribution in [1.29, 1.82) is 0 Å². The van der Waals surface area contributed by atoms with Crippen molar-refractivity contribution >= 4 is 12.6 Å². The molecule has 2 heterocycles. The van der Waals surface area contributed by atoms with Crippen LogP contribution < -0.4 is 0 Å². The van der Waals surface area contributed by atoms with Crippen LogP contribution in [0.3, 0.4) is 0 Å². The Hall–Kier alpha value is -0.580. The lowest BCUT2D eigenvalue weighted by atomic mass is 9.82. The van der Waals surface area contributed by atoms with Crippen molar-refractivity contribution in [3.63, 3.8) is 0 Å². The van der Waals surface area contributed by atoms with Crippen molar-refractivity contribution in [2.75, 3.05) is 27.2 Å². The van der Waals surface area contributed by atoms with Gasteiger partial charge in [-0.2, -0.15) is 12.6 Å². The summed E-state index contributed by atoms with van der Waals surface area (Å²) in [5.74, 6) is 0. The summed E-state index contributed by atoms with van der Waals surface area (Å²) in [5, 5.41) is 0.356. The van der Waals surface area contributed by atoms with Gasteiger partial charge in [-0.3, -0.25) is 9.88 Å². The summed E-state index contributed by atoms with van der Waals surface area (Å²) in [6.07, 6.45) is 5.29. The minimum Gasteiger partial charge on any atom is -0.303 e. The number of rotatable bonds is 4. The molecule has 19 heavy (non-hydrogen) atoms. The molecule has 0 aliphatic carbocycles. The van der Waals surface area contributed by atoms with Crippen LogP contribution in [0.5, 0.6) is 0 Å². The molecule has 1 aliphatic rings. The Morgan fingerprint density at radius 1 is 1.37 bits per heavy atom. The molecule has 0 radical (unpaired) electrons. The highest BCUT2D eigenvalue weighted by molar-refractivity contribution is 7.80. The Labute approximate surface area is 122 Å². The van der Waals surface area contributed by atoms with Crippen LogP contribution in [0.15, 0.2) is 24.4 Å². The molecular formula is C15H25N3S. The first-order valence-corrected chi connectivity index (χ1v) is 7.55. The summed E-state index contributed by atoms with van der Waals surface area (Å²) in [4.78, 5) is 9.34. The number of piperidine rings is 1. The molecule has 3 nitrogen and oxygen atoms in total. The molecule has 1 fully saturated rings. The predicted octanol–water partition coefficient (Wildman–Crippen LogP) is 2.30. The van der Waals surface area contributed by atoms with E-state index in [-0.39, 0.29) is 5.54 Å². The smallest absolute Gasteiger partial charge is 0.0499 e. The van der Waals surface area contributed by atoms with E-state index in [1.165, 1.54) is 18.5 Å². The molecule has 0 N–H and O–H groups in total. The number of hydrogen-bond acceptors (Lipinski definition) is 4. The summed E-state index contributed by atoms with van der Waals surface area (Å²) in [6, 6.07) is 6.20. The van der Waals surface area contributed by atoms with Crippen LogP contribution in [0.4, 0.5) is 0 Å². The number of likely N-dealkylation sites (tertiary alicyclic amines) is 1. The number of hydrogen-bond donors (Lipinski definition) is 1. The highest BCUT2D eigenvalue weighted by Gasteiger charge is 2.37. The van der Waals surface area contributed by atoms with Crippen LogP contribution in [0, 0.1) is 0 Å². The molecule has 106 valence electrons. The van der Waals surface area contributed by atoms with E-state index in [1.54, 1.807) is 0 Å². The molecule has 1 aromatic heterocycles. The molecule has 4 heteroatoms. The van der Waals surface area contributed by atoms with Gasteiger partial charge in [0.15, 0.2) is 0 Å². The maximum atomic E-state index is 4.55. The van der Waals surface area contributed by atoms with Gasteiger partial charge in [0.25, 0.3) is 0 Å². The molecule has 0 bridgehead atoms. The summed E-state index contributed by atoms with van der Waals surface area (Å²) in [5.41, 5.74) is 1.44. The number of nitrogens with zero attached hydrogens (tertiary/aromatic N) is 3. The molecule has 0 aromatic carbocycles. The zero-order valence-electron chi connectivity index (χ0n) is 12.2. The van der Waals surface area contributed by atoms with Gasteiger partial charge in [-0.25, -0.2) is 0 Å². The molecule has 1 aromatic rings. The van der Waals surface area contributed by atoms with Crippen molar-refractivity contribution in [2.24, 2.45) is 0 Å². The minimum atomic E-state index is 0.244. The fourth-order valence-electron chi connectivity index (χ4n) is 2.94. The fourth-order valence-corrected chi connectivity index (χ4v) is 3.17. The van der Waals surface area contributed by atoms with Gasteiger partial charge in [-0.1, -0.05) is 6.07 Å². The van der Waals surface area contributed by atoms with Crippen LogP contribution in [-0.2, 0) is 6.42 Å². The first-order valence-electron chi connectivity index (χ1n) is 7.03. The zero-order valence-corrected chi connectivity index (χ0v) is 13.1. The lowest BCUT2D eigenvalue weighted by Crippen LogP contribution is -2.55. The lowest BCUT2D eigenvalue weighted by Gasteiger charge is -2.47. The summed E-state index contributed by atoms with van der Waals surface area (Å²) in [6.45, 7) is 4.40. The summed E-state index contributed by atoms with van der Waals surface area (Å²) < 4.78 is 0. The third-order valence-corrected chi connectivity index (χ3v) is 4.77. The average Bonchev–Trinajstić information content (AvgIpc) is 2.40. The number of pyridine rings is 1. The number of thiol groups is 1. The van der Waals surface area contributed by atoms with Crippen molar-refractivity contribution < 1.29 is 0 Å². The van der Waals surface area contributed by atoms with Crippen molar-refractivity contribution in [3.8, 4) is 0 Å². The molecule has 1 aliphatic heterocycles. The highest BCUT2D eigenvalue weighted by atomic mass is 32.1. The molecule has 1 atom stereocenters. The number of likely N-dealkylation sites (N-methyl/N-ethyl adjacent to an activating group) is 1. The van der Waals surface area contributed by atoms with Crippen LogP contribution >= 0.6 is 12.6 Å². The molecule has 0 spiro atoms. The van der Waals surface area contributed by atoms with Crippen LogP contribution in [0.1, 0.15) is 25.5 Å². The Balaban J connectivity index is 2.08. The third-order valence-electron chi connectivity index (χ3n) is 4.44. The largest absolute Gasteiger partial charge is 0.303 e. The first-order chi connectivity index (χ1) is 9.03. The Bertz CT molecular complexity index is 384. The lowest BCUT2D eigenvalue weighted by molar-refractivity contribution is 0.0535. The molecule has 0 amide bonds. The molecule has 0 saturated carbocycles. The Morgan fingerprint density at radius 3 is 2.53 bits per heavy atom. The van der Waals surface area contributed by atoms with E-state index in [0.29, 0.717) is 5.37 Å². The minimum absolute atomic E-state index is 0.244. The van der Waals surface area contributed by atoms with E-state index in [2.05, 4.69) is 60.6 Å². The fraction of sp³-hybridized carbons (Fsp3) is 0.667. The zero-order chi connectivity index (χ0) is 13.9. The average molecular weight is 279 g/mol. The maximum absolute atomic E-state index is 4.55. The molecule has 1 unspecified atom stereocenters. The van der Waals surface area contributed by atoms with E-state index in [9.17, 15) is 0 Å². The highest BCUT2D eigenvalue weighted by Crippen LogP contribution is 2.31. The monoisotopic (exact) mass is 279 g/mol. The van der Waals surface area contributed by atoms with Gasteiger partial charge in [0.1, 0.15) is 0 Å². The van der Waals surface area contributed by atoms with Gasteiger partial charge < -0.3 is 4.90 Å². The SMILES string of the molecule is CC(S)N1CCC(Cc2ccccn2)(N(C)C)CC1. The van der Waals surface area contributed by atoms with E-state index in [1.807, 2.05) is 12.3 Å². The van der Waals surface area contributed by atoms with Gasteiger partial charge in [0.2, 0.25) is 0 Å². The number of aromatic nitrogens is 1. The topological polar surface area (TPSA) is 19.4 Å². The van der Waals surface area contributed by atoms with Crippen LogP contribution in [0.25, 0.3) is 0 Å². The van der Waals surface area contributed by atoms with Crippen molar-refractivity contribution in [2.45, 2.75) is 37.1 Å². The Morgan fingerprint density at radius 2 is 2.05 bits per heavy atom. The second-order valence-corrected chi connectivity index (χ2v) is 6.53. The van der Waals surface area contributed by atoms with E-state index >= 15 is 0 Å². The first kappa shape index (κ1) is 14.8. The summed E-state index contributed by atoms with van der Waals surface area (Å²) in [7, 11) is 4.39. The Kier molecular flexibility index (Phi) is 4.87. The quantitative estimate of drug-likeness (QED) is 0.854. The third kappa shape index (κ3) is 3.50. The standard InChI is InChI=1S/C15H25N3S/c1-13(19)18-10-7-15(8-11-18,17(2)3)12-14-6-4-5-9-16-14/h4-6,9,13,19H,7-8,10-12H2,1-3H3.